The molecule has 1 aromatic rings. The average molecular weight is 270 g/mol. The predicted octanol–water partition coefficient (Wildman–Crippen LogP) is 2.16. The molecule has 4 heteroatoms. The summed E-state index contributed by atoms with van der Waals surface area (Å²) in [5.41, 5.74) is 0.641. The molecule has 0 radical (unpaired) electrons. The van der Waals surface area contributed by atoms with Crippen LogP contribution < -0.4 is 5.32 Å². The number of hydrogen-bond donors (Lipinski definition) is 1. The van der Waals surface area contributed by atoms with Crippen molar-refractivity contribution in [1.29, 1.82) is 0 Å². The van der Waals surface area contributed by atoms with Gasteiger partial charge in [-0.25, -0.2) is 0 Å². The zero-order valence-electron chi connectivity index (χ0n) is 8.42. The lowest BCUT2D eigenvalue weighted by Gasteiger charge is -2.00. The Hall–Kier alpha value is -1.16. The number of rotatable bonds is 4. The standard InChI is InChI=1S/C11H12BrNO2/c1-13-11(15)7-6-10(14)8-2-4-9(12)5-3-8/h2-5H,6-7H2,1H3,(H,13,15). The van der Waals surface area contributed by atoms with Crippen molar-refractivity contribution in [2.45, 2.75) is 12.8 Å². The van der Waals surface area contributed by atoms with E-state index in [4.69, 9.17) is 0 Å². The van der Waals surface area contributed by atoms with Crippen LogP contribution in [-0.2, 0) is 4.79 Å². The van der Waals surface area contributed by atoms with Crippen LogP contribution in [0.1, 0.15) is 23.2 Å². The predicted molar refractivity (Wildman–Crippen MR) is 61.8 cm³/mol. The van der Waals surface area contributed by atoms with E-state index in [2.05, 4.69) is 21.2 Å². The summed E-state index contributed by atoms with van der Waals surface area (Å²) < 4.78 is 0.936. The second-order valence-electron chi connectivity index (χ2n) is 3.10. The molecule has 15 heavy (non-hydrogen) atoms. The zero-order valence-corrected chi connectivity index (χ0v) is 10.0. The Morgan fingerprint density at radius 3 is 2.33 bits per heavy atom. The van der Waals surface area contributed by atoms with E-state index in [1.807, 2.05) is 12.1 Å². The maximum atomic E-state index is 11.6. The van der Waals surface area contributed by atoms with Crippen LogP contribution in [0.2, 0.25) is 0 Å². The van der Waals surface area contributed by atoms with E-state index < -0.39 is 0 Å². The number of amides is 1. The molecule has 0 aromatic heterocycles. The zero-order chi connectivity index (χ0) is 11.3. The Bertz CT molecular complexity index is 359. The number of Topliss-reactive ketones (excluding diaryl/α,β-unsaturated/α-hetero) is 1. The summed E-state index contributed by atoms with van der Waals surface area (Å²) in [5.74, 6) is -0.119. The molecule has 3 nitrogen and oxygen atoms in total. The van der Waals surface area contributed by atoms with Gasteiger partial charge in [-0.05, 0) is 12.1 Å². The number of ketones is 1. The summed E-state index contributed by atoms with van der Waals surface area (Å²) in [5, 5.41) is 2.48. The number of halogens is 1. The molecule has 0 saturated heterocycles. The summed E-state index contributed by atoms with van der Waals surface area (Å²) in [7, 11) is 1.56. The highest BCUT2D eigenvalue weighted by Crippen LogP contribution is 2.12. The lowest BCUT2D eigenvalue weighted by Crippen LogP contribution is -2.18. The smallest absolute Gasteiger partial charge is 0.220 e. The molecule has 1 rings (SSSR count). The van der Waals surface area contributed by atoms with Crippen molar-refractivity contribution in [3.05, 3.63) is 34.3 Å². The molecular formula is C11H12BrNO2. The number of carbonyl (C=O) groups is 2. The number of nitrogens with one attached hydrogen (secondary N) is 1. The van der Waals surface area contributed by atoms with Gasteiger partial charge in [0.15, 0.2) is 5.78 Å². The number of hydrogen-bond acceptors (Lipinski definition) is 2. The Balaban J connectivity index is 2.54. The molecule has 80 valence electrons. The summed E-state index contributed by atoms with van der Waals surface area (Å²) in [6, 6.07) is 7.12. The molecule has 0 unspecified atom stereocenters. The quantitative estimate of drug-likeness (QED) is 0.852. The fourth-order valence-corrected chi connectivity index (χ4v) is 1.40. The normalized spacial score (nSPS) is 9.73. The van der Waals surface area contributed by atoms with Crippen molar-refractivity contribution in [3.63, 3.8) is 0 Å². The van der Waals surface area contributed by atoms with E-state index in [1.165, 1.54) is 0 Å². The summed E-state index contributed by atoms with van der Waals surface area (Å²) in [4.78, 5) is 22.5. The summed E-state index contributed by atoms with van der Waals surface area (Å²) in [6.07, 6.45) is 0.493. The Morgan fingerprint density at radius 2 is 1.80 bits per heavy atom. The fraction of sp³-hybridized carbons (Fsp3) is 0.273. The van der Waals surface area contributed by atoms with Gasteiger partial charge in [0.2, 0.25) is 5.91 Å². The largest absolute Gasteiger partial charge is 0.359 e. The Morgan fingerprint density at radius 1 is 1.20 bits per heavy atom. The van der Waals surface area contributed by atoms with Gasteiger partial charge in [0.1, 0.15) is 0 Å². The first-order valence-electron chi connectivity index (χ1n) is 4.63. The molecule has 0 aliphatic carbocycles. The lowest BCUT2D eigenvalue weighted by molar-refractivity contribution is -0.120. The van der Waals surface area contributed by atoms with Crippen LogP contribution in [0.25, 0.3) is 0 Å². The Kier molecular flexibility index (Phi) is 4.49. The summed E-state index contributed by atoms with van der Waals surface area (Å²) in [6.45, 7) is 0. The highest BCUT2D eigenvalue weighted by molar-refractivity contribution is 9.10. The van der Waals surface area contributed by atoms with Crippen LogP contribution in [-0.4, -0.2) is 18.7 Å². The third-order valence-corrected chi connectivity index (χ3v) is 2.55. The van der Waals surface area contributed by atoms with Gasteiger partial charge in [-0.3, -0.25) is 9.59 Å². The number of carbonyl (C=O) groups excluding carboxylic acids is 2. The van der Waals surface area contributed by atoms with Crippen LogP contribution in [0, 0.1) is 0 Å². The fourth-order valence-electron chi connectivity index (χ4n) is 1.13. The molecule has 1 amide bonds. The van der Waals surface area contributed by atoms with Gasteiger partial charge in [0, 0.05) is 29.9 Å². The molecule has 1 N–H and O–H groups in total. The first-order valence-corrected chi connectivity index (χ1v) is 5.42. The monoisotopic (exact) mass is 269 g/mol. The first kappa shape index (κ1) is 11.9. The molecule has 0 fully saturated rings. The lowest BCUT2D eigenvalue weighted by atomic mass is 10.1. The second kappa shape index (κ2) is 5.66. The number of benzene rings is 1. The molecule has 0 aliphatic rings. The van der Waals surface area contributed by atoms with E-state index in [0.29, 0.717) is 5.56 Å². The topological polar surface area (TPSA) is 46.2 Å². The van der Waals surface area contributed by atoms with Crippen LogP contribution in [0.15, 0.2) is 28.7 Å². The third kappa shape index (κ3) is 3.83. The van der Waals surface area contributed by atoms with Gasteiger partial charge in [-0.1, -0.05) is 28.1 Å². The minimum Gasteiger partial charge on any atom is -0.359 e. The molecule has 0 aliphatic heterocycles. The maximum Gasteiger partial charge on any atom is 0.220 e. The van der Waals surface area contributed by atoms with Crippen LogP contribution >= 0.6 is 15.9 Å². The van der Waals surface area contributed by atoms with E-state index in [-0.39, 0.29) is 24.5 Å². The van der Waals surface area contributed by atoms with Crippen molar-refractivity contribution in [3.8, 4) is 0 Å². The Labute approximate surface area is 97.0 Å². The molecule has 0 spiro atoms. The molecule has 0 atom stereocenters. The molecule has 0 saturated carbocycles. The molecule has 0 heterocycles. The molecule has 1 aromatic carbocycles. The molecular weight excluding hydrogens is 258 g/mol. The second-order valence-corrected chi connectivity index (χ2v) is 4.02. The van der Waals surface area contributed by atoms with Gasteiger partial charge in [-0.15, -0.1) is 0 Å². The van der Waals surface area contributed by atoms with Crippen molar-refractivity contribution in [2.75, 3.05) is 7.05 Å². The van der Waals surface area contributed by atoms with Gasteiger partial charge in [0.25, 0.3) is 0 Å². The minimum atomic E-state index is -0.111. The van der Waals surface area contributed by atoms with Crippen molar-refractivity contribution in [1.82, 2.24) is 5.32 Å². The SMILES string of the molecule is CNC(=O)CCC(=O)c1ccc(Br)cc1. The maximum absolute atomic E-state index is 11.6. The van der Waals surface area contributed by atoms with E-state index in [0.717, 1.165) is 4.47 Å². The molecule has 0 bridgehead atoms. The van der Waals surface area contributed by atoms with E-state index in [1.54, 1.807) is 19.2 Å². The van der Waals surface area contributed by atoms with Crippen molar-refractivity contribution >= 4 is 27.6 Å². The first-order chi connectivity index (χ1) is 7.13. The van der Waals surface area contributed by atoms with E-state index in [9.17, 15) is 9.59 Å². The highest BCUT2D eigenvalue weighted by Gasteiger charge is 2.07. The summed E-state index contributed by atoms with van der Waals surface area (Å²) >= 11 is 3.29. The van der Waals surface area contributed by atoms with Crippen molar-refractivity contribution in [2.24, 2.45) is 0 Å². The average Bonchev–Trinajstić information content (AvgIpc) is 2.26. The van der Waals surface area contributed by atoms with E-state index >= 15 is 0 Å². The van der Waals surface area contributed by atoms with Crippen LogP contribution in [0.4, 0.5) is 0 Å². The van der Waals surface area contributed by atoms with Gasteiger partial charge >= 0.3 is 0 Å². The van der Waals surface area contributed by atoms with Gasteiger partial charge in [-0.2, -0.15) is 0 Å². The highest BCUT2D eigenvalue weighted by atomic mass is 79.9. The van der Waals surface area contributed by atoms with Crippen molar-refractivity contribution < 1.29 is 9.59 Å². The van der Waals surface area contributed by atoms with Crippen LogP contribution in [0.3, 0.4) is 0 Å². The third-order valence-electron chi connectivity index (χ3n) is 2.02. The van der Waals surface area contributed by atoms with Gasteiger partial charge in [0.05, 0.1) is 0 Å². The minimum absolute atomic E-state index is 0.00824. The van der Waals surface area contributed by atoms with Gasteiger partial charge < -0.3 is 5.32 Å². The van der Waals surface area contributed by atoms with Crippen LogP contribution in [0.5, 0.6) is 0 Å².